The van der Waals surface area contributed by atoms with Gasteiger partial charge in [-0.3, -0.25) is 0 Å². The van der Waals surface area contributed by atoms with E-state index >= 15 is 0 Å². The normalized spacial score (nSPS) is 21.2. The lowest BCUT2D eigenvalue weighted by Gasteiger charge is -2.29. The van der Waals surface area contributed by atoms with Gasteiger partial charge in [-0.1, -0.05) is 18.2 Å². The quantitative estimate of drug-likeness (QED) is 0.869. The van der Waals surface area contributed by atoms with Crippen LogP contribution in [0.3, 0.4) is 0 Å². The average molecular weight is 284 g/mol. The number of hydrogen-bond donors (Lipinski definition) is 1. The molecular formula is C13H20N2O3S. The van der Waals surface area contributed by atoms with Crippen LogP contribution in [0.1, 0.15) is 12.8 Å². The van der Waals surface area contributed by atoms with Gasteiger partial charge < -0.3 is 10.5 Å². The molecule has 0 amide bonds. The van der Waals surface area contributed by atoms with E-state index in [2.05, 4.69) is 0 Å². The van der Waals surface area contributed by atoms with Crippen molar-refractivity contribution in [1.29, 1.82) is 0 Å². The smallest absolute Gasteiger partial charge is 0.217 e. The van der Waals surface area contributed by atoms with Crippen molar-refractivity contribution in [2.45, 2.75) is 18.9 Å². The summed E-state index contributed by atoms with van der Waals surface area (Å²) in [7, 11) is -3.26. The molecule has 1 aliphatic heterocycles. The molecule has 5 nitrogen and oxygen atoms in total. The highest BCUT2D eigenvalue weighted by Crippen LogP contribution is 2.14. The number of hydrogen-bond acceptors (Lipinski definition) is 4. The van der Waals surface area contributed by atoms with Gasteiger partial charge in [0.25, 0.3) is 0 Å². The minimum atomic E-state index is -3.26. The summed E-state index contributed by atoms with van der Waals surface area (Å²) in [5.41, 5.74) is 5.80. The van der Waals surface area contributed by atoms with Crippen LogP contribution >= 0.6 is 0 Å². The molecule has 0 aliphatic carbocycles. The van der Waals surface area contributed by atoms with E-state index < -0.39 is 10.0 Å². The third-order valence-corrected chi connectivity index (χ3v) is 4.97. The van der Waals surface area contributed by atoms with Gasteiger partial charge in [-0.15, -0.1) is 0 Å². The molecule has 0 unspecified atom stereocenters. The standard InChI is InChI=1S/C13H20N2O3S/c14-12-5-4-8-15(11-12)19(16,17)10-9-18-13-6-2-1-3-7-13/h1-3,6-7,12H,4-5,8-11,14H2/t12-/m1/s1. The predicted molar refractivity (Wildman–Crippen MR) is 74.5 cm³/mol. The van der Waals surface area contributed by atoms with Crippen LogP contribution in [0.4, 0.5) is 0 Å². The minimum absolute atomic E-state index is 0.00534. The van der Waals surface area contributed by atoms with Crippen LogP contribution in [-0.2, 0) is 10.0 Å². The predicted octanol–water partition coefficient (Wildman–Crippen LogP) is 0.818. The number of rotatable bonds is 5. The minimum Gasteiger partial charge on any atom is -0.492 e. The summed E-state index contributed by atoms with van der Waals surface area (Å²) in [5.74, 6) is 0.683. The van der Waals surface area contributed by atoms with Gasteiger partial charge in [-0.2, -0.15) is 0 Å². The summed E-state index contributed by atoms with van der Waals surface area (Å²) in [4.78, 5) is 0. The number of piperidine rings is 1. The summed E-state index contributed by atoms with van der Waals surface area (Å²) < 4.78 is 31.1. The van der Waals surface area contributed by atoms with Crippen LogP contribution < -0.4 is 10.5 Å². The SMILES string of the molecule is N[C@@H]1CCCN(S(=O)(=O)CCOc2ccccc2)C1. The Hall–Kier alpha value is -1.11. The fourth-order valence-corrected chi connectivity index (χ4v) is 3.52. The summed E-state index contributed by atoms with van der Waals surface area (Å²) >= 11 is 0. The number of benzene rings is 1. The first-order chi connectivity index (χ1) is 9.08. The molecule has 1 saturated heterocycles. The second-order valence-electron chi connectivity index (χ2n) is 4.74. The molecule has 1 heterocycles. The van der Waals surface area contributed by atoms with Crippen LogP contribution in [0.25, 0.3) is 0 Å². The van der Waals surface area contributed by atoms with E-state index in [1.54, 1.807) is 0 Å². The molecule has 0 radical (unpaired) electrons. The summed E-state index contributed by atoms with van der Waals surface area (Å²) in [6.45, 7) is 1.16. The molecule has 106 valence electrons. The molecule has 1 fully saturated rings. The molecule has 0 spiro atoms. The van der Waals surface area contributed by atoms with Crippen molar-refractivity contribution in [2.24, 2.45) is 5.73 Å². The van der Waals surface area contributed by atoms with Gasteiger partial charge in [0.15, 0.2) is 0 Å². The summed E-state index contributed by atoms with van der Waals surface area (Å²) in [6.07, 6.45) is 1.73. The molecule has 2 rings (SSSR count). The van der Waals surface area contributed by atoms with Crippen molar-refractivity contribution >= 4 is 10.0 Å². The van der Waals surface area contributed by atoms with Gasteiger partial charge in [-0.25, -0.2) is 12.7 Å². The Bertz CT molecular complexity index is 490. The van der Waals surface area contributed by atoms with Crippen molar-refractivity contribution in [3.05, 3.63) is 30.3 Å². The third kappa shape index (κ3) is 4.19. The van der Waals surface area contributed by atoms with Crippen molar-refractivity contribution in [3.8, 4) is 5.75 Å². The fraction of sp³-hybridized carbons (Fsp3) is 0.538. The molecule has 19 heavy (non-hydrogen) atoms. The van der Waals surface area contributed by atoms with Gasteiger partial charge in [0.1, 0.15) is 12.4 Å². The Morgan fingerprint density at radius 1 is 1.32 bits per heavy atom. The van der Waals surface area contributed by atoms with Crippen molar-refractivity contribution in [2.75, 3.05) is 25.4 Å². The van der Waals surface area contributed by atoms with E-state index in [0.717, 1.165) is 12.8 Å². The lowest BCUT2D eigenvalue weighted by molar-refractivity contribution is 0.305. The zero-order valence-electron chi connectivity index (χ0n) is 10.9. The van der Waals surface area contributed by atoms with Gasteiger partial charge >= 0.3 is 0 Å². The first-order valence-electron chi connectivity index (χ1n) is 6.49. The lowest BCUT2D eigenvalue weighted by atomic mass is 10.1. The maximum absolute atomic E-state index is 12.1. The molecule has 1 atom stereocenters. The maximum Gasteiger partial charge on any atom is 0.217 e. The molecule has 1 aromatic rings. The molecule has 1 aliphatic rings. The van der Waals surface area contributed by atoms with E-state index in [0.29, 0.717) is 18.8 Å². The Morgan fingerprint density at radius 2 is 2.05 bits per heavy atom. The van der Waals surface area contributed by atoms with Gasteiger partial charge in [0.2, 0.25) is 10.0 Å². The molecule has 0 saturated carbocycles. The highest BCUT2D eigenvalue weighted by Gasteiger charge is 2.26. The Morgan fingerprint density at radius 3 is 2.74 bits per heavy atom. The maximum atomic E-state index is 12.1. The number of ether oxygens (including phenoxy) is 1. The van der Waals surface area contributed by atoms with Gasteiger partial charge in [-0.05, 0) is 25.0 Å². The van der Waals surface area contributed by atoms with E-state index in [9.17, 15) is 8.42 Å². The summed E-state index contributed by atoms with van der Waals surface area (Å²) in [5, 5.41) is 0. The molecular weight excluding hydrogens is 264 g/mol. The zero-order valence-corrected chi connectivity index (χ0v) is 11.7. The first kappa shape index (κ1) is 14.3. The average Bonchev–Trinajstić information content (AvgIpc) is 2.40. The van der Waals surface area contributed by atoms with E-state index in [4.69, 9.17) is 10.5 Å². The van der Waals surface area contributed by atoms with E-state index in [-0.39, 0.29) is 18.4 Å². The van der Waals surface area contributed by atoms with Crippen LogP contribution in [-0.4, -0.2) is 44.2 Å². The third-order valence-electron chi connectivity index (χ3n) is 3.17. The Labute approximate surface area is 114 Å². The van der Waals surface area contributed by atoms with Crippen LogP contribution in [0.2, 0.25) is 0 Å². The van der Waals surface area contributed by atoms with Crippen molar-refractivity contribution in [1.82, 2.24) is 4.31 Å². The first-order valence-corrected chi connectivity index (χ1v) is 8.10. The highest BCUT2D eigenvalue weighted by atomic mass is 32.2. The Balaban J connectivity index is 1.84. The van der Waals surface area contributed by atoms with Gasteiger partial charge in [0.05, 0.1) is 5.75 Å². The summed E-state index contributed by atoms with van der Waals surface area (Å²) in [6, 6.07) is 9.17. The monoisotopic (exact) mass is 284 g/mol. The molecule has 0 bridgehead atoms. The number of nitrogens with zero attached hydrogens (tertiary/aromatic N) is 1. The molecule has 0 aromatic heterocycles. The number of para-hydroxylation sites is 1. The van der Waals surface area contributed by atoms with Gasteiger partial charge in [0, 0.05) is 19.1 Å². The second-order valence-corrected chi connectivity index (χ2v) is 6.83. The number of sulfonamides is 1. The van der Waals surface area contributed by atoms with E-state index in [1.807, 2.05) is 30.3 Å². The van der Waals surface area contributed by atoms with Crippen molar-refractivity contribution in [3.63, 3.8) is 0 Å². The fourth-order valence-electron chi connectivity index (χ4n) is 2.14. The lowest BCUT2D eigenvalue weighted by Crippen LogP contribution is -2.46. The molecule has 2 N–H and O–H groups in total. The topological polar surface area (TPSA) is 72.6 Å². The molecule has 6 heteroatoms. The van der Waals surface area contributed by atoms with Crippen LogP contribution in [0.15, 0.2) is 30.3 Å². The Kier molecular flexibility index (Phi) is 4.79. The number of nitrogens with two attached hydrogens (primary N) is 1. The highest BCUT2D eigenvalue weighted by molar-refractivity contribution is 7.89. The van der Waals surface area contributed by atoms with Crippen LogP contribution in [0.5, 0.6) is 5.75 Å². The second kappa shape index (κ2) is 6.36. The molecule has 1 aromatic carbocycles. The zero-order chi connectivity index (χ0) is 13.7. The largest absolute Gasteiger partial charge is 0.492 e. The van der Waals surface area contributed by atoms with E-state index in [1.165, 1.54) is 4.31 Å². The van der Waals surface area contributed by atoms with Crippen molar-refractivity contribution < 1.29 is 13.2 Å². The van der Waals surface area contributed by atoms with Crippen LogP contribution in [0, 0.1) is 0 Å².